The average Bonchev–Trinajstić information content (AvgIpc) is 2.80. The van der Waals surface area contributed by atoms with Gasteiger partial charge in [-0.1, -0.05) is 10.6 Å². The van der Waals surface area contributed by atoms with E-state index >= 15 is 0 Å². The number of nitrogens with zero attached hydrogens (tertiary/aromatic N) is 2. The van der Waals surface area contributed by atoms with Crippen LogP contribution in [-0.2, 0) is 6.54 Å². The molecule has 0 aliphatic carbocycles. The highest BCUT2D eigenvalue weighted by Gasteiger charge is 2.09. The number of carboxylic acids is 1. The van der Waals surface area contributed by atoms with Gasteiger partial charge < -0.3 is 10.4 Å². The molecule has 0 saturated heterocycles. The molecule has 17 heavy (non-hydrogen) atoms. The third-order valence-corrected chi connectivity index (χ3v) is 2.98. The van der Waals surface area contributed by atoms with Crippen molar-refractivity contribution in [2.45, 2.75) is 13.5 Å². The number of rotatable bonds is 4. The summed E-state index contributed by atoms with van der Waals surface area (Å²) in [6, 6.07) is 5.16. The Balaban J connectivity index is 2.16. The molecule has 88 valence electrons. The lowest BCUT2D eigenvalue weighted by Gasteiger charge is -2.09. The fourth-order valence-corrected chi connectivity index (χ4v) is 1.96. The maximum absolute atomic E-state index is 11.0. The average molecular weight is 249 g/mol. The zero-order chi connectivity index (χ0) is 12.3. The summed E-state index contributed by atoms with van der Waals surface area (Å²) in [7, 11) is 0. The first-order valence-electron chi connectivity index (χ1n) is 5.01. The third kappa shape index (κ3) is 2.59. The van der Waals surface area contributed by atoms with Crippen LogP contribution in [0, 0.1) is 6.92 Å². The van der Waals surface area contributed by atoms with E-state index in [9.17, 15) is 4.79 Å². The van der Waals surface area contributed by atoms with E-state index in [-0.39, 0.29) is 0 Å². The van der Waals surface area contributed by atoms with Crippen molar-refractivity contribution in [2.75, 3.05) is 5.32 Å². The number of hydrogen-bond donors (Lipinski definition) is 2. The second-order valence-corrected chi connectivity index (χ2v) is 4.14. The van der Waals surface area contributed by atoms with Crippen LogP contribution in [0.4, 0.5) is 5.69 Å². The minimum Gasteiger partial charge on any atom is -0.478 e. The second kappa shape index (κ2) is 4.92. The van der Waals surface area contributed by atoms with Crippen LogP contribution in [0.5, 0.6) is 0 Å². The van der Waals surface area contributed by atoms with E-state index in [0.29, 0.717) is 12.1 Å². The zero-order valence-corrected chi connectivity index (χ0v) is 9.99. The number of benzene rings is 1. The second-order valence-electron chi connectivity index (χ2n) is 3.53. The van der Waals surface area contributed by atoms with Gasteiger partial charge in [-0.2, -0.15) is 0 Å². The predicted octanol–water partition coefficient (Wildman–Crippen LogP) is 2.16. The molecule has 2 aromatic rings. The van der Waals surface area contributed by atoms with Gasteiger partial charge in [0.05, 0.1) is 17.8 Å². The van der Waals surface area contributed by atoms with Crippen molar-refractivity contribution in [2.24, 2.45) is 0 Å². The molecule has 1 aromatic carbocycles. The Labute approximate surface area is 102 Å². The summed E-state index contributed by atoms with van der Waals surface area (Å²) in [4.78, 5) is 11.0. The first-order valence-corrected chi connectivity index (χ1v) is 5.85. The molecule has 0 unspecified atom stereocenters. The molecule has 0 saturated carbocycles. The summed E-state index contributed by atoms with van der Waals surface area (Å²) in [6.07, 6.45) is 0. The summed E-state index contributed by atoms with van der Waals surface area (Å²) in [5, 5.41) is 17.9. The molecule has 0 bridgehead atoms. The Bertz CT molecular complexity index is 526. The van der Waals surface area contributed by atoms with Gasteiger partial charge in [-0.3, -0.25) is 0 Å². The van der Waals surface area contributed by atoms with E-state index in [1.54, 1.807) is 19.1 Å². The molecule has 6 heteroatoms. The number of hydrogen-bond acceptors (Lipinski definition) is 5. The van der Waals surface area contributed by atoms with E-state index in [2.05, 4.69) is 14.9 Å². The van der Waals surface area contributed by atoms with Gasteiger partial charge in [0.25, 0.3) is 0 Å². The fraction of sp³-hybridized carbons (Fsp3) is 0.182. The molecule has 0 atom stereocenters. The van der Waals surface area contributed by atoms with Crippen LogP contribution in [0.15, 0.2) is 23.6 Å². The minimum atomic E-state index is -0.915. The normalized spacial score (nSPS) is 10.2. The van der Waals surface area contributed by atoms with Crippen molar-refractivity contribution in [1.82, 2.24) is 9.59 Å². The van der Waals surface area contributed by atoms with E-state index in [0.717, 1.165) is 16.9 Å². The molecule has 0 radical (unpaired) electrons. The lowest BCUT2D eigenvalue weighted by Crippen LogP contribution is -2.05. The Morgan fingerprint density at radius 3 is 3.00 bits per heavy atom. The molecule has 2 N–H and O–H groups in total. The van der Waals surface area contributed by atoms with Crippen LogP contribution in [0.1, 0.15) is 21.6 Å². The van der Waals surface area contributed by atoms with Gasteiger partial charge in [0.1, 0.15) is 0 Å². The maximum atomic E-state index is 11.0. The van der Waals surface area contributed by atoms with E-state index < -0.39 is 5.97 Å². The summed E-state index contributed by atoms with van der Waals surface area (Å²) < 4.78 is 3.76. The molecule has 0 amide bonds. The zero-order valence-electron chi connectivity index (χ0n) is 9.17. The minimum absolute atomic E-state index is 0.311. The van der Waals surface area contributed by atoms with Crippen molar-refractivity contribution in [1.29, 1.82) is 0 Å². The van der Waals surface area contributed by atoms with Crippen molar-refractivity contribution < 1.29 is 9.90 Å². The Morgan fingerprint density at radius 1 is 1.53 bits per heavy atom. The molecule has 0 aliphatic rings. The van der Waals surface area contributed by atoms with Gasteiger partial charge in [0.2, 0.25) is 0 Å². The molecule has 2 rings (SSSR count). The molecule has 0 aliphatic heterocycles. The van der Waals surface area contributed by atoms with Crippen LogP contribution in [0.25, 0.3) is 0 Å². The smallest absolute Gasteiger partial charge is 0.336 e. The lowest BCUT2D eigenvalue weighted by molar-refractivity contribution is 0.0696. The number of aromatic nitrogens is 2. The van der Waals surface area contributed by atoms with Crippen molar-refractivity contribution >= 4 is 23.2 Å². The standard InChI is InChI=1S/C11H11N3O2S/c1-7-9(11(15)16)3-2-4-10(7)12-5-8-6-17-14-13-8/h2-4,6,12H,5H2,1H3,(H,15,16). The topological polar surface area (TPSA) is 75.1 Å². The van der Waals surface area contributed by atoms with Gasteiger partial charge in [-0.25, -0.2) is 4.79 Å². The van der Waals surface area contributed by atoms with E-state index in [1.165, 1.54) is 11.5 Å². The third-order valence-electron chi connectivity index (χ3n) is 2.43. The van der Waals surface area contributed by atoms with Crippen LogP contribution in [0.2, 0.25) is 0 Å². The van der Waals surface area contributed by atoms with Gasteiger partial charge in [-0.15, -0.1) is 5.10 Å². The number of aromatic carboxylic acids is 1. The highest BCUT2D eigenvalue weighted by atomic mass is 32.1. The molecular weight excluding hydrogens is 238 g/mol. The maximum Gasteiger partial charge on any atom is 0.336 e. The summed E-state index contributed by atoms with van der Waals surface area (Å²) in [6.45, 7) is 2.32. The Hall–Kier alpha value is -1.95. The molecule has 0 fully saturated rings. The molecular formula is C11H11N3O2S. The lowest BCUT2D eigenvalue weighted by atomic mass is 10.1. The first kappa shape index (κ1) is 11.5. The monoisotopic (exact) mass is 249 g/mol. The SMILES string of the molecule is Cc1c(NCc2csnn2)cccc1C(=O)O. The van der Waals surface area contributed by atoms with Gasteiger partial charge in [0, 0.05) is 11.1 Å². The van der Waals surface area contributed by atoms with Crippen LogP contribution in [0.3, 0.4) is 0 Å². The number of carboxylic acid groups (broad SMARTS) is 1. The molecule has 1 aromatic heterocycles. The largest absolute Gasteiger partial charge is 0.478 e. The van der Waals surface area contributed by atoms with E-state index in [4.69, 9.17) is 5.11 Å². The quantitative estimate of drug-likeness (QED) is 0.868. The first-order chi connectivity index (χ1) is 8.18. The molecule has 0 spiro atoms. The van der Waals surface area contributed by atoms with Crippen LogP contribution < -0.4 is 5.32 Å². The van der Waals surface area contributed by atoms with Crippen LogP contribution in [-0.4, -0.2) is 20.7 Å². The fourth-order valence-electron chi connectivity index (χ4n) is 1.51. The Morgan fingerprint density at radius 2 is 2.35 bits per heavy atom. The van der Waals surface area contributed by atoms with E-state index in [1.807, 2.05) is 11.4 Å². The van der Waals surface area contributed by atoms with Gasteiger partial charge >= 0.3 is 5.97 Å². The molecule has 1 heterocycles. The van der Waals surface area contributed by atoms with Crippen molar-refractivity contribution in [3.8, 4) is 0 Å². The molecule has 5 nitrogen and oxygen atoms in total. The Kier molecular flexibility index (Phi) is 3.34. The highest BCUT2D eigenvalue weighted by molar-refractivity contribution is 7.03. The summed E-state index contributed by atoms with van der Waals surface area (Å²) in [5.41, 5.74) is 2.68. The summed E-state index contributed by atoms with van der Waals surface area (Å²) >= 11 is 1.29. The van der Waals surface area contributed by atoms with Crippen molar-refractivity contribution in [3.63, 3.8) is 0 Å². The predicted molar refractivity (Wildman–Crippen MR) is 65.4 cm³/mol. The highest BCUT2D eigenvalue weighted by Crippen LogP contribution is 2.19. The number of nitrogens with one attached hydrogen (secondary N) is 1. The summed E-state index contributed by atoms with van der Waals surface area (Å²) in [5.74, 6) is -0.915. The number of carbonyl (C=O) groups is 1. The van der Waals surface area contributed by atoms with Crippen molar-refractivity contribution in [3.05, 3.63) is 40.4 Å². The van der Waals surface area contributed by atoms with Gasteiger partial charge in [-0.05, 0) is 36.2 Å². The number of anilines is 1. The van der Waals surface area contributed by atoms with Crippen LogP contribution >= 0.6 is 11.5 Å². The van der Waals surface area contributed by atoms with Gasteiger partial charge in [0.15, 0.2) is 0 Å².